The molecule has 5 nitrogen and oxygen atoms in total. The minimum Gasteiger partial charge on any atom is -0.497 e. The van der Waals surface area contributed by atoms with Gasteiger partial charge in [0.2, 0.25) is 0 Å². The molecule has 2 aromatic carbocycles. The number of hydrogen-bond donors (Lipinski definition) is 1. The monoisotopic (exact) mass is 344 g/mol. The van der Waals surface area contributed by atoms with Crippen LogP contribution in [-0.4, -0.2) is 37.4 Å². The van der Waals surface area contributed by atoms with E-state index in [1.165, 1.54) is 12.1 Å². The van der Waals surface area contributed by atoms with Gasteiger partial charge in [-0.3, -0.25) is 4.90 Å². The molecule has 0 amide bonds. The van der Waals surface area contributed by atoms with Gasteiger partial charge in [0.05, 0.1) is 32.5 Å². The molecule has 0 aliphatic heterocycles. The number of halogens is 1. The summed E-state index contributed by atoms with van der Waals surface area (Å²) in [5, 5.41) is 18.6. The van der Waals surface area contributed by atoms with E-state index in [2.05, 4.69) is 0 Å². The molecule has 0 aliphatic carbocycles. The van der Waals surface area contributed by atoms with E-state index in [-0.39, 0.29) is 6.61 Å². The Kier molecular flexibility index (Phi) is 6.75. The molecule has 0 radical (unpaired) electrons. The van der Waals surface area contributed by atoms with E-state index >= 15 is 0 Å². The van der Waals surface area contributed by atoms with Gasteiger partial charge in [0.25, 0.3) is 0 Å². The number of nitrogens with zero attached hydrogens (tertiary/aromatic N) is 2. The van der Waals surface area contributed by atoms with Crippen molar-refractivity contribution >= 4 is 0 Å². The summed E-state index contributed by atoms with van der Waals surface area (Å²) in [7, 11) is 3.17. The van der Waals surface area contributed by atoms with Gasteiger partial charge in [0.1, 0.15) is 17.3 Å². The number of methoxy groups -OCH3 is 2. The van der Waals surface area contributed by atoms with Gasteiger partial charge in [-0.15, -0.1) is 0 Å². The molecule has 2 aromatic rings. The molecule has 25 heavy (non-hydrogen) atoms. The lowest BCUT2D eigenvalue weighted by molar-refractivity contribution is 0.182. The number of aliphatic hydroxyl groups is 1. The van der Waals surface area contributed by atoms with E-state index in [1.807, 2.05) is 23.1 Å². The molecule has 0 spiro atoms. The molecule has 0 saturated heterocycles. The fraction of sp³-hybridized carbons (Fsp3) is 0.316. The zero-order valence-electron chi connectivity index (χ0n) is 14.3. The van der Waals surface area contributed by atoms with Gasteiger partial charge < -0.3 is 14.6 Å². The average molecular weight is 344 g/mol. The van der Waals surface area contributed by atoms with Crippen molar-refractivity contribution in [1.29, 1.82) is 5.26 Å². The van der Waals surface area contributed by atoms with E-state index in [1.54, 1.807) is 26.4 Å². The summed E-state index contributed by atoms with van der Waals surface area (Å²) in [6, 6.07) is 11.7. The van der Waals surface area contributed by atoms with Crippen LogP contribution in [0.4, 0.5) is 4.39 Å². The van der Waals surface area contributed by atoms with Gasteiger partial charge in [0, 0.05) is 31.3 Å². The molecule has 0 heterocycles. The van der Waals surface area contributed by atoms with Gasteiger partial charge in [-0.05, 0) is 23.8 Å². The summed E-state index contributed by atoms with van der Waals surface area (Å²) in [6.07, 6.45) is 0. The largest absolute Gasteiger partial charge is 0.497 e. The highest BCUT2D eigenvalue weighted by Gasteiger charge is 2.13. The van der Waals surface area contributed by atoms with Crippen molar-refractivity contribution < 1.29 is 19.0 Å². The van der Waals surface area contributed by atoms with E-state index in [4.69, 9.17) is 9.47 Å². The second-order valence-electron chi connectivity index (χ2n) is 5.53. The predicted octanol–water partition coefficient (Wildman–Crippen LogP) is 2.71. The van der Waals surface area contributed by atoms with Crippen LogP contribution < -0.4 is 9.47 Å². The maximum Gasteiger partial charge on any atom is 0.127 e. The van der Waals surface area contributed by atoms with Crippen molar-refractivity contribution in [3.63, 3.8) is 0 Å². The first-order chi connectivity index (χ1) is 12.1. The Labute approximate surface area is 146 Å². The smallest absolute Gasteiger partial charge is 0.127 e. The zero-order valence-corrected chi connectivity index (χ0v) is 14.3. The quantitative estimate of drug-likeness (QED) is 0.798. The van der Waals surface area contributed by atoms with Crippen LogP contribution in [0.1, 0.15) is 16.7 Å². The van der Waals surface area contributed by atoms with E-state index in [9.17, 15) is 14.8 Å². The Morgan fingerprint density at radius 3 is 2.44 bits per heavy atom. The third kappa shape index (κ3) is 4.92. The Morgan fingerprint density at radius 2 is 1.80 bits per heavy atom. The van der Waals surface area contributed by atoms with E-state index in [0.29, 0.717) is 42.3 Å². The number of aliphatic hydroxyl groups excluding tert-OH is 1. The summed E-state index contributed by atoms with van der Waals surface area (Å²) in [5.41, 5.74) is 1.94. The van der Waals surface area contributed by atoms with Gasteiger partial charge in [0.15, 0.2) is 0 Å². The van der Waals surface area contributed by atoms with Gasteiger partial charge in [-0.2, -0.15) is 5.26 Å². The molecule has 0 bridgehead atoms. The van der Waals surface area contributed by atoms with Crippen molar-refractivity contribution in [3.8, 4) is 17.6 Å². The van der Waals surface area contributed by atoms with Crippen LogP contribution in [0.5, 0.6) is 11.5 Å². The average Bonchev–Trinajstić information content (AvgIpc) is 2.63. The molecule has 0 aromatic heterocycles. The highest BCUT2D eigenvalue weighted by atomic mass is 19.1. The minimum absolute atomic E-state index is 0.0262. The lowest BCUT2D eigenvalue weighted by atomic mass is 10.1. The predicted molar refractivity (Wildman–Crippen MR) is 91.9 cm³/mol. The van der Waals surface area contributed by atoms with Crippen molar-refractivity contribution in [2.75, 3.05) is 27.4 Å². The second kappa shape index (κ2) is 9.02. The Hall–Kier alpha value is -2.62. The van der Waals surface area contributed by atoms with Gasteiger partial charge in [-0.25, -0.2) is 4.39 Å². The van der Waals surface area contributed by atoms with Crippen LogP contribution in [0.15, 0.2) is 36.4 Å². The van der Waals surface area contributed by atoms with Crippen molar-refractivity contribution in [3.05, 3.63) is 58.9 Å². The summed E-state index contributed by atoms with van der Waals surface area (Å²) >= 11 is 0. The highest BCUT2D eigenvalue weighted by molar-refractivity contribution is 5.41. The molecule has 0 unspecified atom stereocenters. The molecule has 0 fully saturated rings. The number of hydrogen-bond acceptors (Lipinski definition) is 5. The lowest BCUT2D eigenvalue weighted by Gasteiger charge is -2.23. The topological polar surface area (TPSA) is 65.7 Å². The maximum absolute atomic E-state index is 13.3. The minimum atomic E-state index is -0.439. The number of rotatable bonds is 8. The first-order valence-corrected chi connectivity index (χ1v) is 7.84. The van der Waals surface area contributed by atoms with Crippen molar-refractivity contribution in [2.24, 2.45) is 0 Å². The Balaban J connectivity index is 2.23. The zero-order chi connectivity index (χ0) is 18.2. The third-order valence-electron chi connectivity index (χ3n) is 3.89. The van der Waals surface area contributed by atoms with Crippen LogP contribution in [0.3, 0.4) is 0 Å². The molecular weight excluding hydrogens is 323 g/mol. The van der Waals surface area contributed by atoms with Crippen molar-refractivity contribution in [1.82, 2.24) is 4.90 Å². The lowest BCUT2D eigenvalue weighted by Crippen LogP contribution is -2.26. The number of nitriles is 1. The molecule has 2 rings (SSSR count). The van der Waals surface area contributed by atoms with Crippen molar-refractivity contribution in [2.45, 2.75) is 13.1 Å². The van der Waals surface area contributed by atoms with E-state index < -0.39 is 5.82 Å². The van der Waals surface area contributed by atoms with Crippen LogP contribution in [0.25, 0.3) is 0 Å². The van der Waals surface area contributed by atoms with Crippen LogP contribution in [-0.2, 0) is 13.1 Å². The Bertz CT molecular complexity index is 759. The summed E-state index contributed by atoms with van der Waals surface area (Å²) < 4.78 is 23.9. The molecular formula is C19H21FN2O3. The first kappa shape index (κ1) is 18.7. The SMILES string of the molecule is COc1ccc(CN(CCO)Cc2ccc(F)cc2C#N)c(OC)c1. The molecule has 0 atom stereocenters. The summed E-state index contributed by atoms with van der Waals surface area (Å²) in [5.74, 6) is 0.937. The third-order valence-corrected chi connectivity index (χ3v) is 3.89. The van der Waals surface area contributed by atoms with E-state index in [0.717, 1.165) is 5.56 Å². The summed E-state index contributed by atoms with van der Waals surface area (Å²) in [4.78, 5) is 1.97. The van der Waals surface area contributed by atoms with Crippen LogP contribution >= 0.6 is 0 Å². The first-order valence-electron chi connectivity index (χ1n) is 7.84. The molecule has 6 heteroatoms. The second-order valence-corrected chi connectivity index (χ2v) is 5.53. The van der Waals surface area contributed by atoms with Crippen LogP contribution in [0, 0.1) is 17.1 Å². The molecule has 0 saturated carbocycles. The standard InChI is InChI=1S/C19H21FN2O3/c1-24-18-6-4-15(19(10-18)25-2)13-22(7-8-23)12-14-3-5-17(20)9-16(14)11-21/h3-6,9-10,23H,7-8,12-13H2,1-2H3. The molecule has 132 valence electrons. The summed E-state index contributed by atoms with van der Waals surface area (Å²) in [6.45, 7) is 1.31. The highest BCUT2D eigenvalue weighted by Crippen LogP contribution is 2.26. The molecule has 1 N–H and O–H groups in total. The maximum atomic E-state index is 13.3. The normalized spacial score (nSPS) is 10.6. The number of benzene rings is 2. The van der Waals surface area contributed by atoms with Gasteiger partial charge in [-0.1, -0.05) is 12.1 Å². The fourth-order valence-electron chi connectivity index (χ4n) is 2.61. The number of ether oxygens (including phenoxy) is 2. The fourth-order valence-corrected chi connectivity index (χ4v) is 2.61. The Morgan fingerprint density at radius 1 is 1.08 bits per heavy atom. The van der Waals surface area contributed by atoms with Gasteiger partial charge >= 0.3 is 0 Å². The van der Waals surface area contributed by atoms with Crippen LogP contribution in [0.2, 0.25) is 0 Å². The molecule has 0 aliphatic rings.